The number of aliphatic hydroxyl groups excluding tert-OH is 1. The van der Waals surface area contributed by atoms with Crippen LogP contribution in [-0.2, 0) is 11.2 Å². The van der Waals surface area contributed by atoms with Gasteiger partial charge in [0.1, 0.15) is 6.04 Å². The van der Waals surface area contributed by atoms with E-state index in [2.05, 4.69) is 18.2 Å². The molecule has 3 aromatic carbocycles. The summed E-state index contributed by atoms with van der Waals surface area (Å²) < 4.78 is 0. The van der Waals surface area contributed by atoms with Crippen molar-refractivity contribution in [3.05, 3.63) is 96.1 Å². The number of benzene rings is 3. The maximum Gasteiger partial charge on any atom is 0.228 e. The van der Waals surface area contributed by atoms with Crippen LogP contribution in [0.25, 0.3) is 11.1 Å². The average molecular weight is 382 g/mol. The van der Waals surface area contributed by atoms with Gasteiger partial charge in [-0.1, -0.05) is 84.9 Å². The second kappa shape index (κ2) is 8.30. The van der Waals surface area contributed by atoms with Crippen molar-refractivity contribution in [1.82, 2.24) is 4.90 Å². The third kappa shape index (κ3) is 3.65. The molecule has 1 amide bonds. The van der Waals surface area contributed by atoms with Gasteiger partial charge in [0.25, 0.3) is 0 Å². The topological polar surface area (TPSA) is 64.3 Å². The summed E-state index contributed by atoms with van der Waals surface area (Å²) in [5.41, 5.74) is 4.10. The molecule has 29 heavy (non-hydrogen) atoms. The highest BCUT2D eigenvalue weighted by Crippen LogP contribution is 2.41. The molecule has 144 valence electrons. The average Bonchev–Trinajstić information content (AvgIpc) is 2.75. The minimum Gasteiger partial charge on any atom is -0.394 e. The fourth-order valence-corrected chi connectivity index (χ4v) is 4.14. The summed E-state index contributed by atoms with van der Waals surface area (Å²) in [6.07, 6.45) is 0.231. The predicted octanol–water partition coefficient (Wildman–Crippen LogP) is 3.78. The van der Waals surface area contributed by atoms with E-state index in [9.17, 15) is 15.2 Å². The Balaban J connectivity index is 1.54. The molecular weight excluding hydrogens is 360 g/mol. The maximum absolute atomic E-state index is 12.8. The second-order valence-corrected chi connectivity index (χ2v) is 7.30. The van der Waals surface area contributed by atoms with Crippen LogP contribution in [0.2, 0.25) is 0 Å². The molecule has 1 aliphatic heterocycles. The number of nitrogens with zero attached hydrogens (tertiary/aromatic N) is 2. The molecule has 1 fully saturated rings. The minimum absolute atomic E-state index is 0.126. The van der Waals surface area contributed by atoms with Gasteiger partial charge in [-0.25, -0.2) is 0 Å². The Morgan fingerprint density at radius 3 is 2.07 bits per heavy atom. The van der Waals surface area contributed by atoms with Crippen molar-refractivity contribution in [3.63, 3.8) is 0 Å². The van der Waals surface area contributed by atoms with Gasteiger partial charge in [-0.2, -0.15) is 5.26 Å². The van der Waals surface area contributed by atoms with Crippen molar-refractivity contribution in [3.8, 4) is 17.2 Å². The van der Waals surface area contributed by atoms with Crippen LogP contribution in [0, 0.1) is 11.3 Å². The third-order valence-electron chi connectivity index (χ3n) is 5.62. The van der Waals surface area contributed by atoms with E-state index in [1.807, 2.05) is 72.8 Å². The normalized spacial score (nSPS) is 20.6. The van der Waals surface area contributed by atoms with Crippen LogP contribution < -0.4 is 0 Å². The fourth-order valence-electron chi connectivity index (χ4n) is 4.14. The third-order valence-corrected chi connectivity index (χ3v) is 5.62. The zero-order valence-electron chi connectivity index (χ0n) is 16.0. The number of aliphatic hydroxyl groups is 1. The maximum atomic E-state index is 12.8. The van der Waals surface area contributed by atoms with Gasteiger partial charge in [0.2, 0.25) is 5.91 Å². The standard InChI is InChI=1S/C25H22N2O2/c26-16-22-25(21-13-11-20(12-14-21)19-9-5-2-6-10-19)23(17-28)27(22)24(29)15-18-7-3-1-4-8-18/h1-14,22-23,25,28H,15,17H2/t22-,23+,25-/m0/s1. The van der Waals surface area contributed by atoms with Crippen LogP contribution in [0.5, 0.6) is 0 Å². The number of amides is 1. The first-order chi connectivity index (χ1) is 14.2. The lowest BCUT2D eigenvalue weighted by molar-refractivity contribution is -0.146. The number of rotatable bonds is 5. The van der Waals surface area contributed by atoms with Crippen molar-refractivity contribution in [2.24, 2.45) is 0 Å². The first-order valence-corrected chi connectivity index (χ1v) is 9.74. The van der Waals surface area contributed by atoms with Crippen molar-refractivity contribution in [2.75, 3.05) is 6.61 Å². The van der Waals surface area contributed by atoms with Crippen LogP contribution in [-0.4, -0.2) is 34.6 Å². The number of carbonyl (C=O) groups excluding carboxylic acids is 1. The van der Waals surface area contributed by atoms with Crippen LogP contribution in [0.15, 0.2) is 84.9 Å². The molecule has 1 heterocycles. The highest BCUT2D eigenvalue weighted by Gasteiger charge is 2.51. The SMILES string of the molecule is N#C[C@H]1[C@H](c2ccc(-c3ccccc3)cc2)[C@@H](CO)N1C(=O)Cc1ccccc1. The van der Waals surface area contributed by atoms with Gasteiger partial charge in [0.15, 0.2) is 0 Å². The van der Waals surface area contributed by atoms with E-state index in [4.69, 9.17) is 0 Å². The molecule has 0 radical (unpaired) electrons. The van der Waals surface area contributed by atoms with Gasteiger partial charge in [0, 0.05) is 5.92 Å². The Bertz CT molecular complexity index is 1010. The lowest BCUT2D eigenvalue weighted by Crippen LogP contribution is -2.65. The minimum atomic E-state index is -0.564. The van der Waals surface area contributed by atoms with E-state index >= 15 is 0 Å². The van der Waals surface area contributed by atoms with Gasteiger partial charge in [-0.15, -0.1) is 0 Å². The molecule has 4 nitrogen and oxygen atoms in total. The van der Waals surface area contributed by atoms with Crippen molar-refractivity contribution in [2.45, 2.75) is 24.4 Å². The Kier molecular flexibility index (Phi) is 5.41. The lowest BCUT2D eigenvalue weighted by Gasteiger charge is -2.51. The van der Waals surface area contributed by atoms with E-state index in [1.54, 1.807) is 4.90 Å². The Hall–Kier alpha value is -3.42. The quantitative estimate of drug-likeness (QED) is 0.730. The molecular formula is C25H22N2O2. The molecule has 0 aromatic heterocycles. The summed E-state index contributed by atoms with van der Waals surface area (Å²) in [4.78, 5) is 14.4. The smallest absolute Gasteiger partial charge is 0.228 e. The van der Waals surface area contributed by atoms with Crippen LogP contribution in [0.3, 0.4) is 0 Å². The fraction of sp³-hybridized carbons (Fsp3) is 0.200. The van der Waals surface area contributed by atoms with E-state index in [1.165, 1.54) is 0 Å². The molecule has 1 aliphatic rings. The van der Waals surface area contributed by atoms with Gasteiger partial charge in [-0.05, 0) is 22.3 Å². The number of hydrogen-bond donors (Lipinski definition) is 1. The molecule has 0 unspecified atom stereocenters. The first-order valence-electron chi connectivity index (χ1n) is 9.74. The van der Waals surface area contributed by atoms with Crippen LogP contribution in [0.1, 0.15) is 17.0 Å². The first kappa shape index (κ1) is 18.9. The zero-order chi connectivity index (χ0) is 20.2. The van der Waals surface area contributed by atoms with Crippen molar-refractivity contribution >= 4 is 5.91 Å². The van der Waals surface area contributed by atoms with Gasteiger partial charge >= 0.3 is 0 Å². The molecule has 0 bridgehead atoms. The highest BCUT2D eigenvalue weighted by atomic mass is 16.3. The molecule has 0 saturated carbocycles. The summed E-state index contributed by atoms with van der Waals surface area (Å²) in [5.74, 6) is -0.312. The number of carbonyl (C=O) groups is 1. The van der Waals surface area contributed by atoms with Crippen LogP contribution >= 0.6 is 0 Å². The van der Waals surface area contributed by atoms with E-state index < -0.39 is 6.04 Å². The molecule has 3 aromatic rings. The summed E-state index contributed by atoms with van der Waals surface area (Å²) in [5, 5.41) is 19.7. The second-order valence-electron chi connectivity index (χ2n) is 7.30. The largest absolute Gasteiger partial charge is 0.394 e. The van der Waals surface area contributed by atoms with Crippen molar-refractivity contribution in [1.29, 1.82) is 5.26 Å². The molecule has 3 atom stereocenters. The molecule has 0 aliphatic carbocycles. The summed E-state index contributed by atoms with van der Waals surface area (Å²) in [6, 6.07) is 28.9. The van der Waals surface area contributed by atoms with Crippen LogP contribution in [0.4, 0.5) is 0 Å². The molecule has 0 spiro atoms. The number of likely N-dealkylation sites (tertiary alicyclic amines) is 1. The summed E-state index contributed by atoms with van der Waals surface area (Å²) in [6.45, 7) is -0.163. The molecule has 1 N–H and O–H groups in total. The summed E-state index contributed by atoms with van der Waals surface area (Å²) in [7, 11) is 0. The summed E-state index contributed by atoms with van der Waals surface area (Å²) >= 11 is 0. The van der Waals surface area contributed by atoms with Gasteiger partial charge < -0.3 is 10.0 Å². The predicted molar refractivity (Wildman–Crippen MR) is 112 cm³/mol. The van der Waals surface area contributed by atoms with Gasteiger partial charge in [0.05, 0.1) is 25.1 Å². The number of hydrogen-bond acceptors (Lipinski definition) is 3. The molecule has 4 rings (SSSR count). The Labute approximate surface area is 170 Å². The van der Waals surface area contributed by atoms with E-state index in [-0.39, 0.29) is 30.9 Å². The Morgan fingerprint density at radius 1 is 0.897 bits per heavy atom. The van der Waals surface area contributed by atoms with E-state index in [0.717, 1.165) is 22.3 Å². The molecule has 1 saturated heterocycles. The monoisotopic (exact) mass is 382 g/mol. The molecule has 4 heteroatoms. The van der Waals surface area contributed by atoms with Gasteiger partial charge in [-0.3, -0.25) is 4.79 Å². The number of nitriles is 1. The zero-order valence-corrected chi connectivity index (χ0v) is 16.0. The lowest BCUT2D eigenvalue weighted by atomic mass is 9.75. The highest BCUT2D eigenvalue weighted by molar-refractivity contribution is 5.81. The van der Waals surface area contributed by atoms with E-state index in [0.29, 0.717) is 0 Å². The van der Waals surface area contributed by atoms with Crippen molar-refractivity contribution < 1.29 is 9.90 Å². The Morgan fingerprint density at radius 2 is 1.48 bits per heavy atom.